The zero-order chi connectivity index (χ0) is 19.3. The third kappa shape index (κ3) is 3.07. The van der Waals surface area contributed by atoms with Crippen LogP contribution in [0.4, 0.5) is 14.5 Å². The Morgan fingerprint density at radius 1 is 1.30 bits per heavy atom. The van der Waals surface area contributed by atoms with Gasteiger partial charge in [0.25, 0.3) is 5.91 Å². The van der Waals surface area contributed by atoms with E-state index in [9.17, 15) is 22.0 Å². The molecule has 0 unspecified atom stereocenters. The highest BCUT2D eigenvalue weighted by Gasteiger charge is 2.42. The molecule has 2 aliphatic heterocycles. The van der Waals surface area contributed by atoms with E-state index < -0.39 is 39.7 Å². The van der Waals surface area contributed by atoms with Gasteiger partial charge in [0.05, 0.1) is 19.3 Å². The Labute approximate surface area is 153 Å². The summed E-state index contributed by atoms with van der Waals surface area (Å²) in [6.45, 7) is 0.336. The number of hydrogen-bond acceptors (Lipinski definition) is 5. The van der Waals surface area contributed by atoms with Crippen LogP contribution < -0.4 is 14.8 Å². The number of aromatic nitrogens is 1. The minimum absolute atomic E-state index is 0.0190. The van der Waals surface area contributed by atoms with Crippen molar-refractivity contribution >= 4 is 21.6 Å². The molecule has 0 spiro atoms. The number of ether oxygens (including phenoxy) is 2. The Morgan fingerprint density at radius 2 is 2.07 bits per heavy atom. The van der Waals surface area contributed by atoms with E-state index in [2.05, 4.69) is 10.0 Å². The number of halogens is 2. The van der Waals surface area contributed by atoms with Crippen molar-refractivity contribution in [2.24, 2.45) is 7.05 Å². The molecule has 2 aliphatic rings. The fourth-order valence-electron chi connectivity index (χ4n) is 3.08. The molecule has 2 aromatic rings. The molecule has 4 rings (SSSR count). The van der Waals surface area contributed by atoms with Gasteiger partial charge in [-0.05, 0) is 12.1 Å². The van der Waals surface area contributed by atoms with Crippen LogP contribution in [0.1, 0.15) is 10.5 Å². The third-order valence-corrected chi connectivity index (χ3v) is 5.87. The van der Waals surface area contributed by atoms with E-state index in [1.165, 1.54) is 23.9 Å². The lowest BCUT2D eigenvalue weighted by molar-refractivity contribution is 0.100. The van der Waals surface area contributed by atoms with Gasteiger partial charge in [-0.3, -0.25) is 4.79 Å². The zero-order valence-electron chi connectivity index (χ0n) is 14.0. The van der Waals surface area contributed by atoms with Crippen molar-refractivity contribution in [3.8, 4) is 5.75 Å². The number of fused-ring (bicyclic) bond motifs is 2. The molecule has 2 N–H and O–H groups in total. The standard InChI is InChI=1S/C16H15F2N3O5S/c1-21-5-13-15(26-12-7-25-6-11(12)20-27(13,23)24)14(21)16(22)19-8-2-3-9(17)10(18)4-8/h2-5,11-12,20H,6-7H2,1H3,(H,19,22)/t11-,12-/m1/s1. The quantitative estimate of drug-likeness (QED) is 0.785. The summed E-state index contributed by atoms with van der Waals surface area (Å²) in [5.41, 5.74) is -0.0433. The lowest BCUT2D eigenvalue weighted by atomic mass is 10.2. The van der Waals surface area contributed by atoms with Gasteiger partial charge in [0.2, 0.25) is 10.0 Å². The van der Waals surface area contributed by atoms with Crippen LogP contribution in [-0.2, 0) is 21.8 Å². The molecule has 3 heterocycles. The maximum Gasteiger partial charge on any atom is 0.276 e. The summed E-state index contributed by atoms with van der Waals surface area (Å²) in [4.78, 5) is 12.5. The second kappa shape index (κ2) is 6.29. The number of benzene rings is 1. The maximum absolute atomic E-state index is 13.4. The molecule has 11 heteroatoms. The van der Waals surface area contributed by atoms with Crippen molar-refractivity contribution in [1.82, 2.24) is 9.29 Å². The normalized spacial score (nSPS) is 23.1. The molecule has 0 saturated carbocycles. The molecule has 0 bridgehead atoms. The lowest BCUT2D eigenvalue weighted by Crippen LogP contribution is -2.42. The average molecular weight is 399 g/mol. The first-order valence-electron chi connectivity index (χ1n) is 7.99. The van der Waals surface area contributed by atoms with Crippen molar-refractivity contribution in [3.05, 3.63) is 41.7 Å². The van der Waals surface area contributed by atoms with Crippen LogP contribution in [0.5, 0.6) is 5.75 Å². The third-order valence-electron chi connectivity index (χ3n) is 4.39. The first-order valence-corrected chi connectivity index (χ1v) is 9.47. The first-order chi connectivity index (χ1) is 12.8. The van der Waals surface area contributed by atoms with E-state index in [4.69, 9.17) is 9.47 Å². The number of nitrogens with zero attached hydrogens (tertiary/aromatic N) is 1. The molecule has 1 aromatic carbocycles. The summed E-state index contributed by atoms with van der Waals surface area (Å²) in [5, 5.41) is 2.42. The van der Waals surface area contributed by atoms with Crippen LogP contribution >= 0.6 is 0 Å². The molecule has 0 aliphatic carbocycles. The van der Waals surface area contributed by atoms with E-state index in [-0.39, 0.29) is 35.2 Å². The molecule has 1 amide bonds. The van der Waals surface area contributed by atoms with Gasteiger partial charge < -0.3 is 19.4 Å². The van der Waals surface area contributed by atoms with Gasteiger partial charge in [0.1, 0.15) is 11.0 Å². The minimum atomic E-state index is -3.92. The van der Waals surface area contributed by atoms with Crippen LogP contribution in [-0.4, -0.2) is 44.3 Å². The fourth-order valence-corrected chi connectivity index (χ4v) is 4.51. The van der Waals surface area contributed by atoms with Gasteiger partial charge in [-0.15, -0.1) is 0 Å². The maximum atomic E-state index is 13.4. The van der Waals surface area contributed by atoms with Crippen LogP contribution in [0.15, 0.2) is 29.3 Å². The smallest absolute Gasteiger partial charge is 0.276 e. The van der Waals surface area contributed by atoms with Crippen LogP contribution in [0, 0.1) is 11.6 Å². The molecule has 1 fully saturated rings. The molecular formula is C16H15F2N3O5S. The van der Waals surface area contributed by atoms with Gasteiger partial charge >= 0.3 is 0 Å². The van der Waals surface area contributed by atoms with E-state index in [0.717, 1.165) is 12.1 Å². The number of sulfonamides is 1. The van der Waals surface area contributed by atoms with Crippen LogP contribution in [0.3, 0.4) is 0 Å². The fraction of sp³-hybridized carbons (Fsp3) is 0.312. The van der Waals surface area contributed by atoms with Gasteiger partial charge in [0.15, 0.2) is 23.1 Å². The Kier molecular flexibility index (Phi) is 4.17. The molecule has 1 aromatic heterocycles. The predicted octanol–water partition coefficient (Wildman–Crippen LogP) is 0.994. The van der Waals surface area contributed by atoms with E-state index >= 15 is 0 Å². The molecule has 0 radical (unpaired) electrons. The van der Waals surface area contributed by atoms with Crippen molar-refractivity contribution in [2.45, 2.75) is 17.0 Å². The zero-order valence-corrected chi connectivity index (χ0v) is 14.8. The average Bonchev–Trinajstić information content (AvgIpc) is 3.13. The number of amides is 1. The number of rotatable bonds is 2. The summed E-state index contributed by atoms with van der Waals surface area (Å²) in [5.74, 6) is -3.00. The monoisotopic (exact) mass is 399 g/mol. The highest BCUT2D eigenvalue weighted by molar-refractivity contribution is 7.89. The summed E-state index contributed by atoms with van der Waals surface area (Å²) < 4.78 is 66.4. The van der Waals surface area contributed by atoms with Gasteiger partial charge in [-0.1, -0.05) is 0 Å². The first kappa shape index (κ1) is 17.9. The van der Waals surface area contributed by atoms with Crippen molar-refractivity contribution < 1.29 is 31.5 Å². The largest absolute Gasteiger partial charge is 0.482 e. The summed E-state index contributed by atoms with van der Waals surface area (Å²) in [6, 6.07) is 2.34. The molecule has 27 heavy (non-hydrogen) atoms. The minimum Gasteiger partial charge on any atom is -0.482 e. The molecule has 144 valence electrons. The van der Waals surface area contributed by atoms with E-state index in [1.807, 2.05) is 0 Å². The van der Waals surface area contributed by atoms with Crippen molar-refractivity contribution in [2.75, 3.05) is 18.5 Å². The molecule has 8 nitrogen and oxygen atoms in total. The van der Waals surface area contributed by atoms with Crippen molar-refractivity contribution in [1.29, 1.82) is 0 Å². The summed E-state index contributed by atoms with van der Waals surface area (Å²) in [7, 11) is -2.44. The second-order valence-electron chi connectivity index (χ2n) is 6.29. The van der Waals surface area contributed by atoms with E-state index in [1.54, 1.807) is 0 Å². The predicted molar refractivity (Wildman–Crippen MR) is 89.1 cm³/mol. The van der Waals surface area contributed by atoms with Gasteiger partial charge in [0, 0.05) is 25.0 Å². The molecule has 2 atom stereocenters. The molecular weight excluding hydrogens is 384 g/mol. The number of carbonyl (C=O) groups excluding carboxylic acids is 1. The number of hydrogen-bond donors (Lipinski definition) is 2. The highest BCUT2D eigenvalue weighted by Crippen LogP contribution is 2.35. The second-order valence-corrected chi connectivity index (χ2v) is 7.97. The highest BCUT2D eigenvalue weighted by atomic mass is 32.2. The Hall–Kier alpha value is -2.50. The van der Waals surface area contributed by atoms with Crippen LogP contribution in [0.2, 0.25) is 0 Å². The van der Waals surface area contributed by atoms with Crippen LogP contribution in [0.25, 0.3) is 0 Å². The SMILES string of the molecule is Cn1cc2c(c1C(=O)Nc1ccc(F)c(F)c1)O[C@@H]1COC[C@H]1NS2(=O)=O. The Bertz CT molecular complexity index is 1040. The number of anilines is 1. The number of carbonyl (C=O) groups is 1. The van der Waals surface area contributed by atoms with Gasteiger partial charge in [-0.2, -0.15) is 0 Å². The Balaban J connectivity index is 1.73. The van der Waals surface area contributed by atoms with Crippen molar-refractivity contribution in [3.63, 3.8) is 0 Å². The number of nitrogens with one attached hydrogen (secondary N) is 2. The summed E-state index contributed by atoms with van der Waals surface area (Å²) in [6.07, 6.45) is 0.679. The molecule has 1 saturated heterocycles. The summed E-state index contributed by atoms with van der Waals surface area (Å²) >= 11 is 0. The van der Waals surface area contributed by atoms with E-state index in [0.29, 0.717) is 0 Å². The van der Waals surface area contributed by atoms with Gasteiger partial charge in [-0.25, -0.2) is 21.9 Å². The lowest BCUT2D eigenvalue weighted by Gasteiger charge is -2.16. The Morgan fingerprint density at radius 3 is 2.81 bits per heavy atom. The number of aryl methyl sites for hydroxylation is 1. The topological polar surface area (TPSA) is 98.7 Å².